The van der Waals surface area contributed by atoms with Gasteiger partial charge in [-0.1, -0.05) is 6.07 Å². The first-order valence-corrected chi connectivity index (χ1v) is 7.08. The van der Waals surface area contributed by atoms with E-state index in [2.05, 4.69) is 9.84 Å². The molecule has 128 valence electrons. The second-order valence-corrected chi connectivity index (χ2v) is 4.91. The zero-order valence-electron chi connectivity index (χ0n) is 12.6. The van der Waals surface area contributed by atoms with E-state index in [4.69, 9.17) is 4.42 Å². The van der Waals surface area contributed by atoms with E-state index >= 15 is 0 Å². The summed E-state index contributed by atoms with van der Waals surface area (Å²) in [5.74, 6) is -0.424. The van der Waals surface area contributed by atoms with Gasteiger partial charge in [0.2, 0.25) is 0 Å². The van der Waals surface area contributed by atoms with E-state index in [-0.39, 0.29) is 5.56 Å². The fraction of sp³-hybridized carbons (Fsp3) is 0.0588. The van der Waals surface area contributed by atoms with Gasteiger partial charge in [-0.05, 0) is 48.6 Å². The van der Waals surface area contributed by atoms with Crippen LogP contribution in [0.2, 0.25) is 0 Å². The summed E-state index contributed by atoms with van der Waals surface area (Å²) in [7, 11) is 0. The van der Waals surface area contributed by atoms with Crippen molar-refractivity contribution in [3.05, 3.63) is 71.9 Å². The Bertz CT molecular complexity index is 896. The zero-order valence-corrected chi connectivity index (χ0v) is 12.6. The van der Waals surface area contributed by atoms with E-state index in [9.17, 15) is 18.0 Å². The first-order chi connectivity index (χ1) is 11.9. The molecule has 25 heavy (non-hydrogen) atoms. The van der Waals surface area contributed by atoms with Crippen molar-refractivity contribution in [1.29, 1.82) is 0 Å². The number of halogens is 3. The fourth-order valence-electron chi connectivity index (χ4n) is 2.05. The molecule has 0 saturated carbocycles. The third-order valence-electron chi connectivity index (χ3n) is 3.09. The third-order valence-corrected chi connectivity index (χ3v) is 3.09. The van der Waals surface area contributed by atoms with Crippen LogP contribution < -0.4 is 4.74 Å². The molecule has 2 aromatic heterocycles. The number of ether oxygens (including phenoxy) is 1. The number of rotatable bonds is 4. The lowest BCUT2D eigenvalue weighted by molar-refractivity contribution is -0.274. The smallest absolute Gasteiger partial charge is 0.465 e. The Hall–Kier alpha value is -3.29. The molecular formula is C17H11F3N2O3. The summed E-state index contributed by atoms with van der Waals surface area (Å²) in [6.45, 7) is 0. The highest BCUT2D eigenvalue weighted by Gasteiger charge is 2.31. The molecule has 2 heterocycles. The molecule has 0 aliphatic heterocycles. The Kier molecular flexibility index (Phi) is 4.42. The minimum absolute atomic E-state index is 0.0198. The van der Waals surface area contributed by atoms with Gasteiger partial charge in [0.05, 0.1) is 12.0 Å². The van der Waals surface area contributed by atoms with Crippen molar-refractivity contribution in [2.45, 2.75) is 6.36 Å². The number of carbonyl (C=O) groups excluding carboxylic acids is 1. The summed E-state index contributed by atoms with van der Waals surface area (Å²) < 4.78 is 46.8. The Morgan fingerprint density at radius 3 is 2.72 bits per heavy atom. The van der Waals surface area contributed by atoms with Crippen molar-refractivity contribution >= 4 is 18.1 Å². The van der Waals surface area contributed by atoms with E-state index in [1.165, 1.54) is 24.6 Å². The number of benzene rings is 1. The number of hydrogen-bond acceptors (Lipinski definition) is 4. The van der Waals surface area contributed by atoms with Crippen LogP contribution in [0.3, 0.4) is 0 Å². The molecule has 8 heteroatoms. The molecule has 0 radical (unpaired) electrons. The SMILES string of the molecule is O=C(c1cccc(OC(F)(F)F)c1)n1ccc(C=Cc2ccco2)n1. The van der Waals surface area contributed by atoms with Gasteiger partial charge in [-0.2, -0.15) is 5.10 Å². The molecule has 0 aliphatic carbocycles. The van der Waals surface area contributed by atoms with Crippen LogP contribution in [0.25, 0.3) is 12.2 Å². The Morgan fingerprint density at radius 1 is 1.16 bits per heavy atom. The Balaban J connectivity index is 1.76. The lowest BCUT2D eigenvalue weighted by atomic mass is 10.2. The van der Waals surface area contributed by atoms with Crippen molar-refractivity contribution in [2.24, 2.45) is 0 Å². The van der Waals surface area contributed by atoms with Crippen LogP contribution in [0.4, 0.5) is 13.2 Å². The van der Waals surface area contributed by atoms with E-state index in [1.807, 2.05) is 0 Å². The van der Waals surface area contributed by atoms with Crippen LogP contribution in [0.1, 0.15) is 21.8 Å². The van der Waals surface area contributed by atoms with Gasteiger partial charge in [0.25, 0.3) is 5.91 Å². The highest BCUT2D eigenvalue weighted by atomic mass is 19.4. The van der Waals surface area contributed by atoms with Crippen LogP contribution >= 0.6 is 0 Å². The maximum absolute atomic E-state index is 12.3. The number of carbonyl (C=O) groups is 1. The van der Waals surface area contributed by atoms with Crippen LogP contribution in [-0.2, 0) is 0 Å². The summed E-state index contributed by atoms with van der Waals surface area (Å²) >= 11 is 0. The predicted octanol–water partition coefficient (Wildman–Crippen LogP) is 4.23. The van der Waals surface area contributed by atoms with Crippen molar-refractivity contribution in [1.82, 2.24) is 9.78 Å². The Morgan fingerprint density at radius 2 is 2.00 bits per heavy atom. The highest BCUT2D eigenvalue weighted by Crippen LogP contribution is 2.23. The van der Waals surface area contributed by atoms with Crippen LogP contribution in [-0.4, -0.2) is 22.1 Å². The molecule has 0 aliphatic rings. The minimum atomic E-state index is -4.82. The highest BCUT2D eigenvalue weighted by molar-refractivity contribution is 5.95. The molecule has 3 rings (SSSR count). The molecule has 0 unspecified atom stereocenters. The molecule has 3 aromatic rings. The van der Waals surface area contributed by atoms with Gasteiger partial charge in [0, 0.05) is 11.8 Å². The monoisotopic (exact) mass is 348 g/mol. The topological polar surface area (TPSA) is 57.3 Å². The summed E-state index contributed by atoms with van der Waals surface area (Å²) in [6, 6.07) is 9.89. The van der Waals surface area contributed by atoms with E-state index in [1.54, 1.807) is 30.4 Å². The second kappa shape index (κ2) is 6.68. The lowest BCUT2D eigenvalue weighted by Gasteiger charge is -2.09. The third kappa shape index (κ3) is 4.37. The minimum Gasteiger partial charge on any atom is -0.465 e. The quantitative estimate of drug-likeness (QED) is 0.708. The number of furan rings is 1. The standard InChI is InChI=1S/C17H11F3N2O3/c18-17(19,20)25-15-4-1-3-12(11-15)16(23)22-9-8-13(21-22)6-7-14-5-2-10-24-14/h1-11H. The van der Waals surface area contributed by atoms with Crippen molar-refractivity contribution in [3.8, 4) is 5.75 Å². The van der Waals surface area contributed by atoms with Gasteiger partial charge in [0.1, 0.15) is 11.5 Å². The first-order valence-electron chi connectivity index (χ1n) is 7.08. The van der Waals surface area contributed by atoms with Crippen LogP contribution in [0, 0.1) is 0 Å². The van der Waals surface area contributed by atoms with Crippen LogP contribution in [0.15, 0.2) is 59.3 Å². The molecule has 5 nitrogen and oxygen atoms in total. The first kappa shape index (κ1) is 16.6. The second-order valence-electron chi connectivity index (χ2n) is 4.91. The number of aromatic nitrogens is 2. The Labute approximate surface area is 139 Å². The van der Waals surface area contributed by atoms with Gasteiger partial charge in [-0.25, -0.2) is 4.68 Å². The van der Waals surface area contributed by atoms with Crippen LogP contribution in [0.5, 0.6) is 5.75 Å². The largest absolute Gasteiger partial charge is 0.573 e. The summed E-state index contributed by atoms with van der Waals surface area (Å²) in [5, 5.41) is 4.07. The van der Waals surface area contributed by atoms with Gasteiger partial charge >= 0.3 is 6.36 Å². The van der Waals surface area contributed by atoms with Gasteiger partial charge in [-0.15, -0.1) is 13.2 Å². The number of hydrogen-bond donors (Lipinski definition) is 0. The number of alkyl halides is 3. The average molecular weight is 348 g/mol. The van der Waals surface area contributed by atoms with E-state index in [0.29, 0.717) is 11.5 Å². The average Bonchev–Trinajstić information content (AvgIpc) is 3.22. The molecule has 0 spiro atoms. The molecule has 0 fully saturated rings. The van der Waals surface area contributed by atoms with Crippen molar-refractivity contribution in [3.63, 3.8) is 0 Å². The molecule has 1 aromatic carbocycles. The molecule has 0 saturated heterocycles. The summed E-state index contributed by atoms with van der Waals surface area (Å²) in [5.41, 5.74) is 0.513. The summed E-state index contributed by atoms with van der Waals surface area (Å²) in [4.78, 5) is 12.3. The lowest BCUT2D eigenvalue weighted by Crippen LogP contribution is -2.18. The fourth-order valence-corrected chi connectivity index (χ4v) is 2.05. The maximum Gasteiger partial charge on any atom is 0.573 e. The zero-order chi connectivity index (χ0) is 17.9. The normalized spacial score (nSPS) is 11.8. The van der Waals surface area contributed by atoms with Gasteiger partial charge < -0.3 is 9.15 Å². The number of nitrogens with zero attached hydrogens (tertiary/aromatic N) is 2. The molecular weight excluding hydrogens is 337 g/mol. The maximum atomic E-state index is 12.3. The molecule has 0 bridgehead atoms. The molecule has 0 amide bonds. The molecule has 0 atom stereocenters. The predicted molar refractivity (Wildman–Crippen MR) is 82.7 cm³/mol. The summed E-state index contributed by atoms with van der Waals surface area (Å²) in [6.07, 6.45) is 1.44. The van der Waals surface area contributed by atoms with Gasteiger partial charge in [-0.3, -0.25) is 4.79 Å². The van der Waals surface area contributed by atoms with Crippen molar-refractivity contribution < 1.29 is 27.1 Å². The van der Waals surface area contributed by atoms with Gasteiger partial charge in [0.15, 0.2) is 0 Å². The van der Waals surface area contributed by atoms with E-state index in [0.717, 1.165) is 16.8 Å². The molecule has 0 N–H and O–H groups in total. The van der Waals surface area contributed by atoms with E-state index < -0.39 is 18.0 Å². The van der Waals surface area contributed by atoms with Crippen molar-refractivity contribution in [2.75, 3.05) is 0 Å².